The van der Waals surface area contributed by atoms with Gasteiger partial charge in [-0.3, -0.25) is 4.79 Å². The van der Waals surface area contributed by atoms with E-state index in [1.54, 1.807) is 6.07 Å². The zero-order valence-electron chi connectivity index (χ0n) is 14.6. The fourth-order valence-corrected chi connectivity index (χ4v) is 2.59. The lowest BCUT2D eigenvalue weighted by molar-refractivity contribution is 0.444. The largest absolute Gasteiger partial charge is 0.323 e. The first-order valence-corrected chi connectivity index (χ1v) is 8.24. The van der Waals surface area contributed by atoms with E-state index in [-0.39, 0.29) is 23.7 Å². The van der Waals surface area contributed by atoms with Crippen molar-refractivity contribution in [3.63, 3.8) is 0 Å². The molecule has 3 aromatic rings. The second-order valence-electron chi connectivity index (χ2n) is 6.01. The summed E-state index contributed by atoms with van der Waals surface area (Å²) < 4.78 is 68.8. The average molecular weight is 395 g/mol. The number of nitrogens with one attached hydrogen (secondary N) is 1. The van der Waals surface area contributed by atoms with Crippen molar-refractivity contribution in [2.24, 2.45) is 0 Å². The molecule has 146 valence electrons. The number of nitrogens with zero attached hydrogens (tertiary/aromatic N) is 2. The predicted octanol–water partition coefficient (Wildman–Crippen LogP) is 4.29. The van der Waals surface area contributed by atoms with E-state index in [2.05, 4.69) is 10.3 Å². The van der Waals surface area contributed by atoms with Gasteiger partial charge in [-0.05, 0) is 41.8 Å². The van der Waals surface area contributed by atoms with Crippen LogP contribution in [0.5, 0.6) is 0 Å². The van der Waals surface area contributed by atoms with Gasteiger partial charge in [-0.2, -0.15) is 9.37 Å². The highest BCUT2D eigenvalue weighted by Crippen LogP contribution is 2.22. The molecule has 0 aliphatic heterocycles. The molecule has 1 N–H and O–H groups in total. The molecule has 2 aromatic carbocycles. The van der Waals surface area contributed by atoms with Crippen molar-refractivity contribution >= 4 is 11.6 Å². The van der Waals surface area contributed by atoms with Crippen LogP contribution in [0.25, 0.3) is 0 Å². The molecular weight excluding hydrogens is 381 g/mol. The topological polar surface area (TPSA) is 46.9 Å². The molecule has 0 amide bonds. The van der Waals surface area contributed by atoms with Crippen LogP contribution in [0.4, 0.5) is 33.6 Å². The highest BCUT2D eigenvalue weighted by atomic mass is 19.2. The number of hydrogen-bond acceptors (Lipinski definition) is 3. The minimum Gasteiger partial charge on any atom is -0.323 e. The molecule has 0 bridgehead atoms. The Morgan fingerprint density at radius 3 is 2.25 bits per heavy atom. The van der Waals surface area contributed by atoms with Gasteiger partial charge in [0.25, 0.3) is 0 Å². The predicted molar refractivity (Wildman–Crippen MR) is 92.9 cm³/mol. The summed E-state index contributed by atoms with van der Waals surface area (Å²) in [5.41, 5.74) is -0.458. The molecular formula is C19H14F5N3O. The van der Waals surface area contributed by atoms with Gasteiger partial charge >= 0.3 is 5.56 Å². The lowest BCUT2D eigenvalue weighted by Crippen LogP contribution is -2.20. The second kappa shape index (κ2) is 7.79. The van der Waals surface area contributed by atoms with E-state index < -0.39 is 34.6 Å². The molecule has 0 aliphatic rings. The van der Waals surface area contributed by atoms with Crippen LogP contribution in [0.15, 0.2) is 41.3 Å². The number of benzene rings is 2. The van der Waals surface area contributed by atoms with Crippen LogP contribution < -0.4 is 10.9 Å². The Kier molecular flexibility index (Phi) is 5.43. The van der Waals surface area contributed by atoms with E-state index in [1.165, 1.54) is 12.1 Å². The van der Waals surface area contributed by atoms with Crippen molar-refractivity contribution < 1.29 is 22.0 Å². The summed E-state index contributed by atoms with van der Waals surface area (Å²) in [6, 6.07) is 5.76. The zero-order chi connectivity index (χ0) is 20.4. The Labute approximate surface area is 156 Å². The summed E-state index contributed by atoms with van der Waals surface area (Å²) in [5, 5.41) is 2.59. The van der Waals surface area contributed by atoms with E-state index in [4.69, 9.17) is 0 Å². The summed E-state index contributed by atoms with van der Waals surface area (Å²) in [6.45, 7) is 1.51. The van der Waals surface area contributed by atoms with Crippen LogP contribution in [0.1, 0.15) is 18.1 Å². The standard InChI is InChI=1S/C19H14F5N3O/c1-2-10-3-4-12(20)16(7-10)25-19-26-18(28)15(23)9-27(19)8-11-5-13(21)17(24)14(22)6-11/h3-7,9H,2,8H2,1H3,(H,25,26,28). The van der Waals surface area contributed by atoms with Gasteiger partial charge < -0.3 is 9.88 Å². The van der Waals surface area contributed by atoms with Crippen LogP contribution in [0, 0.1) is 29.1 Å². The minimum absolute atomic E-state index is 0.0110. The number of hydrogen-bond donors (Lipinski definition) is 1. The number of aromatic nitrogens is 2. The summed E-state index contributed by atoms with van der Waals surface area (Å²) in [4.78, 5) is 15.1. The smallest absolute Gasteiger partial charge is 0.310 e. The summed E-state index contributed by atoms with van der Waals surface area (Å²) in [6.07, 6.45) is 1.38. The van der Waals surface area contributed by atoms with Crippen molar-refractivity contribution in [2.75, 3.05) is 5.32 Å². The number of rotatable bonds is 5. The molecule has 0 atom stereocenters. The SMILES string of the molecule is CCc1ccc(F)c(Nc2nc(=O)c(F)cn2Cc2cc(F)c(F)c(F)c2)c1. The minimum atomic E-state index is -1.63. The van der Waals surface area contributed by atoms with Crippen molar-refractivity contribution in [1.29, 1.82) is 0 Å². The fraction of sp³-hybridized carbons (Fsp3) is 0.158. The first-order valence-electron chi connectivity index (χ1n) is 8.24. The van der Waals surface area contributed by atoms with E-state index in [0.717, 1.165) is 28.5 Å². The molecule has 28 heavy (non-hydrogen) atoms. The molecule has 0 aliphatic carbocycles. The summed E-state index contributed by atoms with van der Waals surface area (Å²) >= 11 is 0. The molecule has 0 unspecified atom stereocenters. The van der Waals surface area contributed by atoms with Gasteiger partial charge in [0.1, 0.15) is 5.82 Å². The van der Waals surface area contributed by atoms with Gasteiger partial charge in [-0.1, -0.05) is 13.0 Å². The summed E-state index contributed by atoms with van der Waals surface area (Å²) in [7, 11) is 0. The van der Waals surface area contributed by atoms with Gasteiger partial charge in [0, 0.05) is 6.20 Å². The molecule has 9 heteroatoms. The van der Waals surface area contributed by atoms with E-state index in [9.17, 15) is 26.7 Å². The molecule has 0 saturated heterocycles. The lowest BCUT2D eigenvalue weighted by atomic mass is 10.1. The first-order chi connectivity index (χ1) is 13.3. The van der Waals surface area contributed by atoms with Crippen LogP contribution in [0.3, 0.4) is 0 Å². The summed E-state index contributed by atoms with van der Waals surface area (Å²) in [5.74, 6) is -6.56. The third-order valence-electron chi connectivity index (χ3n) is 4.04. The Bertz CT molecular complexity index is 1070. The Morgan fingerprint density at radius 2 is 1.61 bits per heavy atom. The van der Waals surface area contributed by atoms with Crippen molar-refractivity contribution in [2.45, 2.75) is 19.9 Å². The van der Waals surface area contributed by atoms with Crippen LogP contribution >= 0.6 is 0 Å². The van der Waals surface area contributed by atoms with Crippen molar-refractivity contribution in [3.8, 4) is 0 Å². The normalized spacial score (nSPS) is 10.9. The number of anilines is 2. The van der Waals surface area contributed by atoms with Gasteiger partial charge in [0.2, 0.25) is 11.8 Å². The monoisotopic (exact) mass is 395 g/mol. The van der Waals surface area contributed by atoms with Crippen molar-refractivity contribution in [3.05, 3.63) is 87.1 Å². The maximum Gasteiger partial charge on any atom is 0.310 e. The van der Waals surface area contributed by atoms with E-state index >= 15 is 0 Å². The molecule has 0 spiro atoms. The molecule has 4 nitrogen and oxygen atoms in total. The average Bonchev–Trinajstić information content (AvgIpc) is 2.65. The zero-order valence-corrected chi connectivity index (χ0v) is 14.6. The highest BCUT2D eigenvalue weighted by Gasteiger charge is 2.15. The maximum absolute atomic E-state index is 14.1. The Balaban J connectivity index is 2.03. The third kappa shape index (κ3) is 4.03. The van der Waals surface area contributed by atoms with Crippen molar-refractivity contribution in [1.82, 2.24) is 9.55 Å². The quantitative estimate of drug-likeness (QED) is 0.518. The Morgan fingerprint density at radius 1 is 0.929 bits per heavy atom. The number of aryl methyl sites for hydroxylation is 1. The molecule has 0 saturated carbocycles. The molecule has 0 radical (unpaired) electrons. The van der Waals surface area contributed by atoms with Gasteiger partial charge in [-0.15, -0.1) is 0 Å². The fourth-order valence-electron chi connectivity index (χ4n) is 2.59. The van der Waals surface area contributed by atoms with Gasteiger partial charge in [-0.25, -0.2) is 17.6 Å². The van der Waals surface area contributed by atoms with Crippen LogP contribution in [0.2, 0.25) is 0 Å². The molecule has 1 heterocycles. The number of halogens is 5. The third-order valence-corrected chi connectivity index (χ3v) is 4.04. The first kappa shape index (κ1) is 19.5. The van der Waals surface area contributed by atoms with Gasteiger partial charge in [0.15, 0.2) is 17.5 Å². The molecule has 0 fully saturated rings. The van der Waals surface area contributed by atoms with Gasteiger partial charge in [0.05, 0.1) is 12.2 Å². The second-order valence-corrected chi connectivity index (χ2v) is 6.01. The van der Waals surface area contributed by atoms with E-state index in [0.29, 0.717) is 6.42 Å². The maximum atomic E-state index is 14.1. The van der Waals surface area contributed by atoms with E-state index in [1.807, 2.05) is 6.92 Å². The highest BCUT2D eigenvalue weighted by molar-refractivity contribution is 5.56. The Hall–Kier alpha value is -3.23. The molecule has 1 aromatic heterocycles. The molecule has 3 rings (SSSR count). The lowest BCUT2D eigenvalue weighted by Gasteiger charge is -2.15. The van der Waals surface area contributed by atoms with Crippen LogP contribution in [-0.2, 0) is 13.0 Å². The van der Waals surface area contributed by atoms with Crippen LogP contribution in [-0.4, -0.2) is 9.55 Å².